The molecule has 0 aliphatic rings. The van der Waals surface area contributed by atoms with Crippen LogP contribution < -0.4 is 10.0 Å². The second kappa shape index (κ2) is 7.27. The summed E-state index contributed by atoms with van der Waals surface area (Å²) in [6.45, 7) is 6.60. The number of carbonyl (C=O) groups excluding carboxylic acids is 2. The predicted molar refractivity (Wildman–Crippen MR) is 85.4 cm³/mol. The summed E-state index contributed by atoms with van der Waals surface area (Å²) in [7, 11) is -2.65. The van der Waals surface area contributed by atoms with E-state index in [-0.39, 0.29) is 4.90 Å². The molecule has 134 valence electrons. The minimum Gasteiger partial charge on any atom is -0.449 e. The zero-order valence-electron chi connectivity index (χ0n) is 14.1. The first kappa shape index (κ1) is 20.0. The maximum absolute atomic E-state index is 13.8. The average molecular weight is 360 g/mol. The van der Waals surface area contributed by atoms with E-state index in [2.05, 4.69) is 10.0 Å². The number of sulfonamides is 1. The molecule has 0 saturated carbocycles. The molecule has 1 amide bonds. The summed E-state index contributed by atoms with van der Waals surface area (Å²) in [6, 6.07) is 2.73. The molecule has 0 saturated heterocycles. The first-order valence-electron chi connectivity index (χ1n) is 7.13. The van der Waals surface area contributed by atoms with Gasteiger partial charge >= 0.3 is 5.97 Å². The topological polar surface area (TPSA) is 102 Å². The molecular formula is C15H21FN2O5S. The number of esters is 1. The van der Waals surface area contributed by atoms with Gasteiger partial charge in [0.15, 0.2) is 6.10 Å². The van der Waals surface area contributed by atoms with Crippen LogP contribution in [0.1, 0.15) is 38.1 Å². The normalized spacial score (nSPS) is 13.2. The SMILES string of the molecule is CNS(=O)(=O)c1ccc(F)c(C(=O)OC(C)C(=O)NC(C)(C)C)c1. The van der Waals surface area contributed by atoms with E-state index < -0.39 is 44.9 Å². The number of nitrogens with one attached hydrogen (secondary N) is 2. The molecule has 2 N–H and O–H groups in total. The Hall–Kier alpha value is -2.00. The molecule has 1 aromatic rings. The lowest BCUT2D eigenvalue weighted by Gasteiger charge is -2.23. The van der Waals surface area contributed by atoms with Gasteiger partial charge < -0.3 is 10.1 Å². The van der Waals surface area contributed by atoms with E-state index in [1.54, 1.807) is 20.8 Å². The number of carbonyl (C=O) groups is 2. The van der Waals surface area contributed by atoms with Crippen molar-refractivity contribution in [3.63, 3.8) is 0 Å². The Kier molecular flexibility index (Phi) is 6.07. The lowest BCUT2D eigenvalue weighted by molar-refractivity contribution is -0.130. The summed E-state index contributed by atoms with van der Waals surface area (Å²) >= 11 is 0. The zero-order chi connectivity index (χ0) is 18.7. The minimum atomic E-state index is -3.84. The molecule has 1 aromatic carbocycles. The number of amides is 1. The Morgan fingerprint density at radius 3 is 2.33 bits per heavy atom. The Labute approximate surface area is 140 Å². The number of hydrogen-bond acceptors (Lipinski definition) is 5. The zero-order valence-corrected chi connectivity index (χ0v) is 15.0. The summed E-state index contributed by atoms with van der Waals surface area (Å²) in [5, 5.41) is 2.62. The van der Waals surface area contributed by atoms with Crippen molar-refractivity contribution in [3.05, 3.63) is 29.6 Å². The van der Waals surface area contributed by atoms with Crippen molar-refractivity contribution in [1.82, 2.24) is 10.0 Å². The third-order valence-electron chi connectivity index (χ3n) is 2.89. The smallest absolute Gasteiger partial charge is 0.341 e. The van der Waals surface area contributed by atoms with Gasteiger partial charge in [0.2, 0.25) is 10.0 Å². The van der Waals surface area contributed by atoms with Crippen LogP contribution in [0.3, 0.4) is 0 Å². The van der Waals surface area contributed by atoms with Crippen LogP contribution in [0.5, 0.6) is 0 Å². The van der Waals surface area contributed by atoms with Crippen molar-refractivity contribution < 1.29 is 27.1 Å². The van der Waals surface area contributed by atoms with Crippen LogP contribution in [-0.4, -0.2) is 39.0 Å². The minimum absolute atomic E-state index is 0.287. The summed E-state index contributed by atoms with van der Waals surface area (Å²) < 4.78 is 44.2. The maximum Gasteiger partial charge on any atom is 0.341 e. The number of rotatable bonds is 5. The van der Waals surface area contributed by atoms with Gasteiger partial charge in [-0.25, -0.2) is 22.3 Å². The molecule has 9 heteroatoms. The van der Waals surface area contributed by atoms with Gasteiger partial charge in [-0.1, -0.05) is 0 Å². The summed E-state index contributed by atoms with van der Waals surface area (Å²) in [5.41, 5.74) is -1.09. The molecule has 1 atom stereocenters. The molecule has 0 aromatic heterocycles. The molecule has 0 spiro atoms. The maximum atomic E-state index is 13.8. The van der Waals surface area contributed by atoms with Crippen molar-refractivity contribution >= 4 is 21.9 Å². The largest absolute Gasteiger partial charge is 0.449 e. The highest BCUT2D eigenvalue weighted by Gasteiger charge is 2.25. The highest BCUT2D eigenvalue weighted by Crippen LogP contribution is 2.16. The van der Waals surface area contributed by atoms with Crippen LogP contribution in [-0.2, 0) is 19.6 Å². The molecule has 0 radical (unpaired) electrons. The van der Waals surface area contributed by atoms with Gasteiger partial charge in [-0.15, -0.1) is 0 Å². The van der Waals surface area contributed by atoms with E-state index in [4.69, 9.17) is 4.74 Å². The van der Waals surface area contributed by atoms with Crippen LogP contribution in [0.15, 0.2) is 23.1 Å². The Bertz CT molecular complexity index is 741. The molecule has 1 unspecified atom stereocenters. The molecular weight excluding hydrogens is 339 g/mol. The van der Waals surface area contributed by atoms with Crippen molar-refractivity contribution in [2.75, 3.05) is 7.05 Å². The molecule has 0 heterocycles. The fourth-order valence-electron chi connectivity index (χ4n) is 1.69. The third-order valence-corrected chi connectivity index (χ3v) is 4.30. The molecule has 24 heavy (non-hydrogen) atoms. The van der Waals surface area contributed by atoms with Gasteiger partial charge in [-0.05, 0) is 52.9 Å². The molecule has 0 aliphatic heterocycles. The second-order valence-corrected chi connectivity index (χ2v) is 8.02. The first-order valence-corrected chi connectivity index (χ1v) is 8.62. The number of hydrogen-bond donors (Lipinski definition) is 2. The summed E-state index contributed by atoms with van der Waals surface area (Å²) in [6.07, 6.45) is -1.17. The number of halogens is 1. The van der Waals surface area contributed by atoms with E-state index in [9.17, 15) is 22.4 Å². The summed E-state index contributed by atoms with van der Waals surface area (Å²) in [4.78, 5) is 23.7. The van der Waals surface area contributed by atoms with Crippen LogP contribution in [0.4, 0.5) is 4.39 Å². The van der Waals surface area contributed by atoms with E-state index >= 15 is 0 Å². The molecule has 1 rings (SSSR count). The van der Waals surface area contributed by atoms with Gasteiger partial charge in [0.1, 0.15) is 5.82 Å². The van der Waals surface area contributed by atoms with Gasteiger partial charge in [0, 0.05) is 5.54 Å². The van der Waals surface area contributed by atoms with E-state index in [1.165, 1.54) is 14.0 Å². The van der Waals surface area contributed by atoms with Gasteiger partial charge in [0.25, 0.3) is 5.91 Å². The fourth-order valence-corrected chi connectivity index (χ4v) is 2.45. The number of ether oxygens (including phenoxy) is 1. The predicted octanol–water partition coefficient (Wildman–Crippen LogP) is 1.19. The van der Waals surface area contributed by atoms with Gasteiger partial charge in [0.05, 0.1) is 10.5 Å². The Balaban J connectivity index is 3.00. The van der Waals surface area contributed by atoms with Crippen molar-refractivity contribution in [3.8, 4) is 0 Å². The quantitative estimate of drug-likeness (QED) is 0.768. The molecule has 0 bridgehead atoms. The average Bonchev–Trinajstić information content (AvgIpc) is 2.45. The third kappa shape index (κ3) is 5.27. The standard InChI is InChI=1S/C15H21FN2O5S/c1-9(13(19)18-15(2,3)4)23-14(20)11-8-10(6-7-12(11)16)24(21,22)17-5/h6-9,17H,1-5H3,(H,18,19). The number of benzene rings is 1. The van der Waals surface area contributed by atoms with Gasteiger partial charge in [-0.2, -0.15) is 0 Å². The first-order chi connectivity index (χ1) is 10.9. The van der Waals surface area contributed by atoms with Crippen LogP contribution >= 0.6 is 0 Å². The van der Waals surface area contributed by atoms with E-state index in [0.717, 1.165) is 18.2 Å². The summed E-state index contributed by atoms with van der Waals surface area (Å²) in [5.74, 6) is -2.62. The lowest BCUT2D eigenvalue weighted by Crippen LogP contribution is -2.46. The van der Waals surface area contributed by atoms with Crippen molar-refractivity contribution in [2.24, 2.45) is 0 Å². The fraction of sp³-hybridized carbons (Fsp3) is 0.467. The highest BCUT2D eigenvalue weighted by atomic mass is 32.2. The second-order valence-electron chi connectivity index (χ2n) is 6.14. The Morgan fingerprint density at radius 2 is 1.83 bits per heavy atom. The van der Waals surface area contributed by atoms with E-state index in [1.807, 2.05) is 0 Å². The van der Waals surface area contributed by atoms with Crippen LogP contribution in [0.25, 0.3) is 0 Å². The van der Waals surface area contributed by atoms with Crippen LogP contribution in [0.2, 0.25) is 0 Å². The van der Waals surface area contributed by atoms with Crippen LogP contribution in [0, 0.1) is 5.82 Å². The van der Waals surface area contributed by atoms with Crippen molar-refractivity contribution in [2.45, 2.75) is 44.2 Å². The lowest BCUT2D eigenvalue weighted by atomic mass is 10.1. The van der Waals surface area contributed by atoms with E-state index in [0.29, 0.717) is 0 Å². The van der Waals surface area contributed by atoms with Crippen molar-refractivity contribution in [1.29, 1.82) is 0 Å². The highest BCUT2D eigenvalue weighted by molar-refractivity contribution is 7.89. The molecule has 0 aliphatic carbocycles. The van der Waals surface area contributed by atoms with Gasteiger partial charge in [-0.3, -0.25) is 4.79 Å². The monoisotopic (exact) mass is 360 g/mol. The molecule has 0 fully saturated rings. The molecule has 7 nitrogen and oxygen atoms in total. The Morgan fingerprint density at radius 1 is 1.25 bits per heavy atom.